The fraction of sp³-hybridized carbons (Fsp3) is 0.250. The van der Waals surface area contributed by atoms with Gasteiger partial charge in [-0.3, -0.25) is 0 Å². The highest BCUT2D eigenvalue weighted by Gasteiger charge is 2.30. The van der Waals surface area contributed by atoms with E-state index in [2.05, 4.69) is 0 Å². The van der Waals surface area contributed by atoms with Crippen molar-refractivity contribution in [3.63, 3.8) is 0 Å². The lowest BCUT2D eigenvalue weighted by atomic mass is 9.96. The molecule has 2 unspecified atom stereocenters. The third-order valence-corrected chi connectivity index (χ3v) is 3.37. The summed E-state index contributed by atoms with van der Waals surface area (Å²) >= 11 is 0. The molecule has 0 saturated heterocycles. The van der Waals surface area contributed by atoms with E-state index in [0.29, 0.717) is 11.1 Å². The van der Waals surface area contributed by atoms with Crippen LogP contribution in [0.4, 0.5) is 17.6 Å². The Kier molecular flexibility index (Phi) is 6.56. The largest absolute Gasteiger partial charge is 0.416 e. The molecule has 2 aromatic rings. The Hall–Kier alpha value is -1.63. The van der Waals surface area contributed by atoms with Gasteiger partial charge in [0.15, 0.2) is 0 Å². The molecule has 0 radical (unpaired) electrons. The topological polar surface area (TPSA) is 46.2 Å². The lowest BCUT2D eigenvalue weighted by molar-refractivity contribution is -0.137. The van der Waals surface area contributed by atoms with Gasteiger partial charge in [0.05, 0.1) is 11.7 Å². The minimum atomic E-state index is -4.38. The summed E-state index contributed by atoms with van der Waals surface area (Å²) < 4.78 is 50.2. The Bertz CT molecular complexity index is 613. The molecule has 0 spiro atoms. The Balaban J connectivity index is 0.00000264. The minimum absolute atomic E-state index is 0. The van der Waals surface area contributed by atoms with Gasteiger partial charge >= 0.3 is 6.18 Å². The SMILES string of the molecule is Cl.NC(Cc1ccc(C(F)(F)F)cc1)C(O)c1ccc(F)cc1. The average molecular weight is 350 g/mol. The number of halogens is 5. The zero-order valence-electron chi connectivity index (χ0n) is 11.9. The molecular weight excluding hydrogens is 334 g/mol. The highest BCUT2D eigenvalue weighted by molar-refractivity contribution is 5.85. The molecule has 2 aromatic carbocycles. The standard InChI is InChI=1S/C16H15F4NO.ClH/c17-13-7-3-11(4-8-13)15(22)14(21)9-10-1-5-12(6-2-10)16(18,19)20;/h1-8,14-15,22H,9,21H2;1H. The van der Waals surface area contributed by atoms with Crippen molar-refractivity contribution in [1.29, 1.82) is 0 Å². The first kappa shape index (κ1) is 19.4. The molecule has 3 N–H and O–H groups in total. The number of benzene rings is 2. The molecule has 0 heterocycles. The van der Waals surface area contributed by atoms with Gasteiger partial charge in [-0.1, -0.05) is 24.3 Å². The highest BCUT2D eigenvalue weighted by Crippen LogP contribution is 2.29. The smallest absolute Gasteiger partial charge is 0.387 e. The summed E-state index contributed by atoms with van der Waals surface area (Å²) in [6.07, 6.45) is -5.20. The predicted molar refractivity (Wildman–Crippen MR) is 81.7 cm³/mol. The first-order valence-electron chi connectivity index (χ1n) is 6.62. The van der Waals surface area contributed by atoms with E-state index in [-0.39, 0.29) is 18.8 Å². The van der Waals surface area contributed by atoms with Crippen LogP contribution in [0.25, 0.3) is 0 Å². The molecule has 0 aliphatic carbocycles. The predicted octanol–water partition coefficient (Wildman–Crippen LogP) is 3.87. The van der Waals surface area contributed by atoms with E-state index in [4.69, 9.17) is 5.73 Å². The third-order valence-electron chi connectivity index (χ3n) is 3.37. The highest BCUT2D eigenvalue weighted by atomic mass is 35.5. The molecule has 0 aliphatic rings. The molecule has 23 heavy (non-hydrogen) atoms. The second kappa shape index (κ2) is 7.77. The molecule has 0 aromatic heterocycles. The van der Waals surface area contributed by atoms with E-state index in [0.717, 1.165) is 12.1 Å². The number of hydrogen-bond acceptors (Lipinski definition) is 2. The molecule has 2 rings (SSSR count). The number of rotatable bonds is 4. The summed E-state index contributed by atoms with van der Waals surface area (Å²) in [6.45, 7) is 0. The molecular formula is C16H16ClF4NO. The van der Waals surface area contributed by atoms with Gasteiger partial charge in [-0.2, -0.15) is 13.2 Å². The van der Waals surface area contributed by atoms with E-state index in [1.54, 1.807) is 0 Å². The summed E-state index contributed by atoms with van der Waals surface area (Å²) in [7, 11) is 0. The van der Waals surface area contributed by atoms with Crippen LogP contribution in [0.3, 0.4) is 0 Å². The van der Waals surface area contributed by atoms with Gasteiger partial charge in [-0.15, -0.1) is 12.4 Å². The summed E-state index contributed by atoms with van der Waals surface area (Å²) in [4.78, 5) is 0. The van der Waals surface area contributed by atoms with Gasteiger partial charge in [-0.05, 0) is 41.8 Å². The lowest BCUT2D eigenvalue weighted by Crippen LogP contribution is -2.30. The monoisotopic (exact) mass is 349 g/mol. The van der Waals surface area contributed by atoms with Gasteiger partial charge < -0.3 is 10.8 Å². The normalized spacial score (nSPS) is 14.0. The van der Waals surface area contributed by atoms with Gasteiger partial charge in [0.1, 0.15) is 5.82 Å². The Morgan fingerprint density at radius 2 is 1.48 bits per heavy atom. The number of hydrogen-bond donors (Lipinski definition) is 2. The van der Waals surface area contributed by atoms with Gasteiger partial charge in [-0.25, -0.2) is 4.39 Å². The fourth-order valence-electron chi connectivity index (χ4n) is 2.12. The van der Waals surface area contributed by atoms with Crippen LogP contribution in [-0.4, -0.2) is 11.1 Å². The molecule has 0 fully saturated rings. The van der Waals surface area contributed by atoms with Crippen LogP contribution >= 0.6 is 12.4 Å². The van der Waals surface area contributed by atoms with Crippen molar-refractivity contribution in [1.82, 2.24) is 0 Å². The van der Waals surface area contributed by atoms with Crippen molar-refractivity contribution < 1.29 is 22.7 Å². The fourth-order valence-corrected chi connectivity index (χ4v) is 2.12. The Morgan fingerprint density at radius 1 is 0.957 bits per heavy atom. The number of aliphatic hydroxyl groups excluding tert-OH is 1. The van der Waals surface area contributed by atoms with Crippen molar-refractivity contribution in [3.8, 4) is 0 Å². The Labute approximate surface area is 137 Å². The average Bonchev–Trinajstić information content (AvgIpc) is 2.47. The van der Waals surface area contributed by atoms with E-state index < -0.39 is 29.7 Å². The van der Waals surface area contributed by atoms with Crippen LogP contribution in [0.5, 0.6) is 0 Å². The van der Waals surface area contributed by atoms with Crippen LogP contribution in [0.1, 0.15) is 22.8 Å². The van der Waals surface area contributed by atoms with Gasteiger partial charge in [0.2, 0.25) is 0 Å². The van der Waals surface area contributed by atoms with Crippen LogP contribution in [-0.2, 0) is 12.6 Å². The van der Waals surface area contributed by atoms with Crippen LogP contribution in [0.2, 0.25) is 0 Å². The second-order valence-corrected chi connectivity index (χ2v) is 5.06. The van der Waals surface area contributed by atoms with E-state index in [9.17, 15) is 22.7 Å². The summed E-state index contributed by atoms with van der Waals surface area (Å²) in [5.41, 5.74) is 6.19. The maximum absolute atomic E-state index is 12.8. The van der Waals surface area contributed by atoms with Crippen molar-refractivity contribution in [2.75, 3.05) is 0 Å². The molecule has 2 atom stereocenters. The van der Waals surface area contributed by atoms with Crippen molar-refractivity contribution in [2.24, 2.45) is 5.73 Å². The zero-order chi connectivity index (χ0) is 16.3. The second-order valence-electron chi connectivity index (χ2n) is 5.06. The molecule has 126 valence electrons. The summed E-state index contributed by atoms with van der Waals surface area (Å²) in [5.74, 6) is -0.424. The van der Waals surface area contributed by atoms with Crippen LogP contribution in [0, 0.1) is 5.82 Å². The van der Waals surface area contributed by atoms with Gasteiger partial charge in [0.25, 0.3) is 0 Å². The van der Waals surface area contributed by atoms with Crippen molar-refractivity contribution >= 4 is 12.4 Å². The molecule has 7 heteroatoms. The number of aliphatic hydroxyl groups is 1. The first-order valence-corrected chi connectivity index (χ1v) is 6.62. The summed E-state index contributed by atoms with van der Waals surface area (Å²) in [5, 5.41) is 10.1. The number of nitrogens with two attached hydrogens (primary N) is 1. The third kappa shape index (κ3) is 5.20. The maximum atomic E-state index is 12.8. The van der Waals surface area contributed by atoms with Crippen LogP contribution < -0.4 is 5.73 Å². The first-order chi connectivity index (χ1) is 10.3. The van der Waals surface area contributed by atoms with E-state index >= 15 is 0 Å². The maximum Gasteiger partial charge on any atom is 0.416 e. The lowest BCUT2D eigenvalue weighted by Gasteiger charge is -2.19. The summed E-state index contributed by atoms with van der Waals surface area (Å²) in [6, 6.07) is 9.19. The van der Waals surface area contributed by atoms with Crippen molar-refractivity contribution in [3.05, 3.63) is 71.0 Å². The molecule has 0 aliphatic heterocycles. The molecule has 0 amide bonds. The van der Waals surface area contributed by atoms with E-state index in [1.807, 2.05) is 0 Å². The van der Waals surface area contributed by atoms with Gasteiger partial charge in [0, 0.05) is 6.04 Å². The van der Waals surface area contributed by atoms with E-state index in [1.165, 1.54) is 36.4 Å². The molecule has 0 bridgehead atoms. The quantitative estimate of drug-likeness (QED) is 0.823. The number of alkyl halides is 3. The minimum Gasteiger partial charge on any atom is -0.387 e. The zero-order valence-corrected chi connectivity index (χ0v) is 12.7. The molecule has 0 saturated carbocycles. The molecule has 2 nitrogen and oxygen atoms in total. The van der Waals surface area contributed by atoms with Crippen molar-refractivity contribution in [2.45, 2.75) is 24.7 Å². The Morgan fingerprint density at radius 3 is 1.96 bits per heavy atom. The van der Waals surface area contributed by atoms with Crippen LogP contribution in [0.15, 0.2) is 48.5 Å².